The Hall–Kier alpha value is -1.34. The molecule has 26 heavy (non-hydrogen) atoms. The Labute approximate surface area is 158 Å². The third-order valence-corrected chi connectivity index (χ3v) is 5.68. The molecule has 0 aromatic heterocycles. The van der Waals surface area contributed by atoms with Gasteiger partial charge in [-0.05, 0) is 44.4 Å². The molecular formula is C22H36O4. The quantitative estimate of drug-likeness (QED) is 0.415. The maximum absolute atomic E-state index is 12.2. The minimum Gasteiger partial charge on any atom is -0.479 e. The number of ketones is 1. The first-order chi connectivity index (χ1) is 12.3. The zero-order valence-electron chi connectivity index (χ0n) is 16.7. The molecule has 0 amide bonds. The summed E-state index contributed by atoms with van der Waals surface area (Å²) >= 11 is 0. The second kappa shape index (κ2) is 11.4. The summed E-state index contributed by atoms with van der Waals surface area (Å²) in [4.78, 5) is 23.2. The summed E-state index contributed by atoms with van der Waals surface area (Å²) in [5.41, 5.74) is -0.637. The fourth-order valence-electron chi connectivity index (χ4n) is 3.89. The summed E-state index contributed by atoms with van der Waals surface area (Å²) in [6.07, 6.45) is 8.84. The Kier molecular flexibility index (Phi) is 9.94. The smallest absolute Gasteiger partial charge is 0.333 e. The lowest BCUT2D eigenvalue weighted by atomic mass is 9.80. The summed E-state index contributed by atoms with van der Waals surface area (Å²) in [7, 11) is 0. The predicted octanol–water partition coefficient (Wildman–Crippen LogP) is 4.59. The molecule has 1 unspecified atom stereocenters. The van der Waals surface area contributed by atoms with Crippen molar-refractivity contribution >= 4 is 11.8 Å². The van der Waals surface area contributed by atoms with Crippen molar-refractivity contribution in [2.75, 3.05) is 0 Å². The van der Waals surface area contributed by atoms with Gasteiger partial charge in [-0.15, -0.1) is 11.8 Å². The lowest BCUT2D eigenvalue weighted by Crippen LogP contribution is -2.36. The summed E-state index contributed by atoms with van der Waals surface area (Å²) in [5.74, 6) is 6.29. The van der Waals surface area contributed by atoms with E-state index >= 15 is 0 Å². The van der Waals surface area contributed by atoms with Gasteiger partial charge in [-0.1, -0.05) is 33.6 Å². The van der Waals surface area contributed by atoms with Crippen LogP contribution in [0.1, 0.15) is 91.4 Å². The Morgan fingerprint density at radius 2 is 1.88 bits per heavy atom. The van der Waals surface area contributed by atoms with Crippen LogP contribution in [0.4, 0.5) is 0 Å². The molecule has 4 heteroatoms. The fourth-order valence-corrected chi connectivity index (χ4v) is 3.89. The molecule has 148 valence electrons. The largest absolute Gasteiger partial charge is 0.479 e. The molecule has 3 atom stereocenters. The first kappa shape index (κ1) is 22.7. The van der Waals surface area contributed by atoms with Crippen LogP contribution in [0.25, 0.3) is 0 Å². The van der Waals surface area contributed by atoms with E-state index in [9.17, 15) is 14.7 Å². The first-order valence-corrected chi connectivity index (χ1v) is 10.2. The lowest BCUT2D eigenvalue weighted by molar-refractivity contribution is -0.153. The molecule has 0 saturated heterocycles. The minimum atomic E-state index is -1.34. The van der Waals surface area contributed by atoms with Crippen molar-refractivity contribution in [1.29, 1.82) is 0 Å². The maximum atomic E-state index is 12.2. The fraction of sp³-hybridized carbons (Fsp3) is 0.818. The van der Waals surface area contributed by atoms with Crippen LogP contribution in [0, 0.1) is 29.1 Å². The van der Waals surface area contributed by atoms with Crippen molar-refractivity contribution in [2.24, 2.45) is 17.3 Å². The molecule has 0 spiro atoms. The number of aliphatic hydroxyl groups is 1. The molecule has 0 aliphatic heterocycles. The van der Waals surface area contributed by atoms with Crippen LogP contribution in [0.3, 0.4) is 0 Å². The van der Waals surface area contributed by atoms with Gasteiger partial charge in [0.05, 0.1) is 0 Å². The van der Waals surface area contributed by atoms with Gasteiger partial charge in [-0.25, -0.2) is 4.79 Å². The highest BCUT2D eigenvalue weighted by atomic mass is 16.4. The van der Waals surface area contributed by atoms with Gasteiger partial charge in [0.2, 0.25) is 0 Å². The van der Waals surface area contributed by atoms with E-state index in [1.54, 1.807) is 13.8 Å². The number of Topliss-reactive ketones (excluding diaryl/α,β-unsaturated/α-hetero) is 1. The molecule has 0 heterocycles. The van der Waals surface area contributed by atoms with Crippen LogP contribution in [-0.4, -0.2) is 28.1 Å². The van der Waals surface area contributed by atoms with Crippen LogP contribution in [0.5, 0.6) is 0 Å². The van der Waals surface area contributed by atoms with E-state index in [2.05, 4.69) is 18.8 Å². The van der Waals surface area contributed by atoms with E-state index in [4.69, 9.17) is 5.11 Å². The number of aliphatic hydroxyl groups excluding tert-OH is 1. The number of unbranched alkanes of at least 4 members (excludes halogenated alkanes) is 3. The third-order valence-electron chi connectivity index (χ3n) is 5.68. The van der Waals surface area contributed by atoms with Crippen LogP contribution < -0.4 is 0 Å². The number of carbonyl (C=O) groups is 2. The molecule has 2 N–H and O–H groups in total. The summed E-state index contributed by atoms with van der Waals surface area (Å²) in [6.45, 7) is 5.71. The zero-order valence-corrected chi connectivity index (χ0v) is 16.7. The van der Waals surface area contributed by atoms with E-state index in [1.807, 2.05) is 0 Å². The van der Waals surface area contributed by atoms with Gasteiger partial charge < -0.3 is 10.2 Å². The normalized spacial score (nSPS) is 21.3. The van der Waals surface area contributed by atoms with Crippen molar-refractivity contribution < 1.29 is 19.8 Å². The van der Waals surface area contributed by atoms with Crippen LogP contribution >= 0.6 is 0 Å². The van der Waals surface area contributed by atoms with Crippen molar-refractivity contribution in [3.8, 4) is 11.8 Å². The highest BCUT2D eigenvalue weighted by molar-refractivity contribution is 5.83. The van der Waals surface area contributed by atoms with E-state index in [0.717, 1.165) is 57.8 Å². The summed E-state index contributed by atoms with van der Waals surface area (Å²) in [6, 6.07) is 0. The summed E-state index contributed by atoms with van der Waals surface area (Å²) < 4.78 is 0. The van der Waals surface area contributed by atoms with Gasteiger partial charge in [0, 0.05) is 30.6 Å². The SMILES string of the molecule is CCCC#CCCC[C@H]1CCC(=O)[C@@H]1CCCCC(C)(C)C(O)C(=O)O. The molecule has 0 aromatic carbocycles. The minimum absolute atomic E-state index is 0.172. The number of rotatable bonds is 11. The average molecular weight is 365 g/mol. The Morgan fingerprint density at radius 1 is 1.19 bits per heavy atom. The molecule has 1 aliphatic carbocycles. The van der Waals surface area contributed by atoms with Gasteiger partial charge in [-0.3, -0.25) is 4.79 Å². The Bertz CT molecular complexity index is 512. The van der Waals surface area contributed by atoms with E-state index in [0.29, 0.717) is 24.5 Å². The average Bonchev–Trinajstić information content (AvgIpc) is 2.94. The number of carbonyl (C=O) groups excluding carboxylic acids is 1. The number of hydrogen-bond acceptors (Lipinski definition) is 3. The van der Waals surface area contributed by atoms with Crippen LogP contribution in [0.2, 0.25) is 0 Å². The van der Waals surface area contributed by atoms with E-state index in [1.165, 1.54) is 0 Å². The monoisotopic (exact) mass is 364 g/mol. The molecule has 1 saturated carbocycles. The predicted molar refractivity (Wildman–Crippen MR) is 104 cm³/mol. The first-order valence-electron chi connectivity index (χ1n) is 10.2. The number of carboxylic acids is 1. The second-order valence-corrected chi connectivity index (χ2v) is 8.34. The van der Waals surface area contributed by atoms with Gasteiger partial charge in [0.25, 0.3) is 0 Å². The van der Waals surface area contributed by atoms with E-state index in [-0.39, 0.29) is 5.92 Å². The molecule has 1 rings (SSSR count). The highest BCUT2D eigenvalue weighted by Gasteiger charge is 2.35. The lowest BCUT2D eigenvalue weighted by Gasteiger charge is -2.28. The number of hydrogen-bond donors (Lipinski definition) is 2. The van der Waals surface area contributed by atoms with Crippen molar-refractivity contribution in [3.63, 3.8) is 0 Å². The molecule has 1 fully saturated rings. The number of carboxylic acid groups (broad SMARTS) is 1. The van der Waals surface area contributed by atoms with Crippen LogP contribution in [0.15, 0.2) is 0 Å². The number of aliphatic carboxylic acids is 1. The van der Waals surface area contributed by atoms with Crippen molar-refractivity contribution in [2.45, 2.75) is 97.5 Å². The zero-order chi connectivity index (χ0) is 19.6. The highest BCUT2D eigenvalue weighted by Crippen LogP contribution is 2.37. The molecule has 0 bridgehead atoms. The van der Waals surface area contributed by atoms with Crippen molar-refractivity contribution in [1.82, 2.24) is 0 Å². The van der Waals surface area contributed by atoms with Crippen molar-refractivity contribution in [3.05, 3.63) is 0 Å². The second-order valence-electron chi connectivity index (χ2n) is 8.34. The van der Waals surface area contributed by atoms with Gasteiger partial charge in [0.1, 0.15) is 5.78 Å². The molecule has 0 radical (unpaired) electrons. The van der Waals surface area contributed by atoms with E-state index < -0.39 is 17.5 Å². The van der Waals surface area contributed by atoms with Gasteiger partial charge in [0.15, 0.2) is 6.10 Å². The third kappa shape index (κ3) is 7.50. The Balaban J connectivity index is 2.34. The molecule has 4 nitrogen and oxygen atoms in total. The van der Waals surface area contributed by atoms with Crippen LogP contribution in [-0.2, 0) is 9.59 Å². The topological polar surface area (TPSA) is 74.6 Å². The molecule has 0 aromatic rings. The van der Waals surface area contributed by atoms with Gasteiger partial charge in [-0.2, -0.15) is 0 Å². The summed E-state index contributed by atoms with van der Waals surface area (Å²) in [5, 5.41) is 18.7. The maximum Gasteiger partial charge on any atom is 0.333 e. The molecule has 1 aliphatic rings. The standard InChI is InChI=1S/C22H36O4/c1-4-5-6-7-8-9-12-17-14-15-19(23)18(17)13-10-11-16-22(2,3)20(24)21(25)26/h17-18,20,24H,4-5,8-16H2,1-3H3,(H,25,26)/t17-,18+,20?/m0/s1. The van der Waals surface area contributed by atoms with Gasteiger partial charge >= 0.3 is 5.97 Å². The molecular weight excluding hydrogens is 328 g/mol. The Morgan fingerprint density at radius 3 is 2.54 bits per heavy atom.